The minimum Gasteiger partial charge on any atom is -0.466 e. The summed E-state index contributed by atoms with van der Waals surface area (Å²) >= 11 is 0. The summed E-state index contributed by atoms with van der Waals surface area (Å²) in [6.07, 6.45) is 17.9. The lowest BCUT2D eigenvalue weighted by molar-refractivity contribution is -0.142. The van der Waals surface area contributed by atoms with Crippen LogP contribution in [0.25, 0.3) is 0 Å². The molecule has 0 atom stereocenters. The molecule has 0 aliphatic carbocycles. The number of hydrogen-bond acceptors (Lipinski definition) is 8. The van der Waals surface area contributed by atoms with Crippen LogP contribution in [0, 0.1) is 0 Å². The molecule has 0 bridgehead atoms. The van der Waals surface area contributed by atoms with Crippen LogP contribution in [0.2, 0.25) is 0 Å². The van der Waals surface area contributed by atoms with Crippen LogP contribution in [0.15, 0.2) is 24.3 Å². The minimum absolute atomic E-state index is 0.210. The lowest BCUT2D eigenvalue weighted by atomic mass is 10.2. The standard InChI is InChI=1S/C14H24O4.C12H20O4/c1-13(15)17-11-9-7-5-3-4-6-8-10-12-18-14(2)16;1-11(13)15-9-7-5-3-4-6-8-10-16-12(2)14/h3-4H,5-12H2,1-2H3;3-4H,5-10H2,1-2H3/b2*4-3+. The SMILES string of the molecule is CC(=O)OCCC/C=C/CCCOC(C)=O.CC(=O)OCCCC/C=C/CCCCOC(C)=O. The molecule has 0 fully saturated rings. The highest BCUT2D eigenvalue weighted by Gasteiger charge is 1.94. The van der Waals surface area contributed by atoms with Gasteiger partial charge in [-0.15, -0.1) is 0 Å². The monoisotopic (exact) mass is 484 g/mol. The van der Waals surface area contributed by atoms with E-state index in [4.69, 9.17) is 18.9 Å². The molecule has 196 valence electrons. The predicted molar refractivity (Wildman–Crippen MR) is 131 cm³/mol. The molecule has 0 spiro atoms. The first kappa shape index (κ1) is 33.5. The van der Waals surface area contributed by atoms with Crippen LogP contribution >= 0.6 is 0 Å². The van der Waals surface area contributed by atoms with Crippen LogP contribution in [0.3, 0.4) is 0 Å². The molecular formula is C26H44O8. The molecule has 0 amide bonds. The molecule has 34 heavy (non-hydrogen) atoms. The van der Waals surface area contributed by atoms with Crippen molar-refractivity contribution in [3.8, 4) is 0 Å². The summed E-state index contributed by atoms with van der Waals surface area (Å²) in [4.78, 5) is 41.8. The molecule has 0 aliphatic heterocycles. The highest BCUT2D eigenvalue weighted by molar-refractivity contribution is 5.66. The van der Waals surface area contributed by atoms with E-state index in [0.717, 1.165) is 64.2 Å². The number of esters is 4. The third kappa shape index (κ3) is 36.7. The van der Waals surface area contributed by atoms with Crippen molar-refractivity contribution in [3.63, 3.8) is 0 Å². The first-order valence-corrected chi connectivity index (χ1v) is 12.1. The molecule has 8 heteroatoms. The van der Waals surface area contributed by atoms with Gasteiger partial charge in [-0.3, -0.25) is 19.2 Å². The molecule has 0 rings (SSSR count). The van der Waals surface area contributed by atoms with Gasteiger partial charge in [0.05, 0.1) is 26.4 Å². The van der Waals surface area contributed by atoms with Gasteiger partial charge < -0.3 is 18.9 Å². The molecule has 0 aromatic heterocycles. The van der Waals surface area contributed by atoms with Crippen molar-refractivity contribution in [1.29, 1.82) is 0 Å². The van der Waals surface area contributed by atoms with Crippen molar-refractivity contribution in [2.75, 3.05) is 26.4 Å². The van der Waals surface area contributed by atoms with Crippen LogP contribution in [0.4, 0.5) is 0 Å². The fraction of sp³-hybridized carbons (Fsp3) is 0.692. The number of allylic oxidation sites excluding steroid dienone is 4. The van der Waals surface area contributed by atoms with Gasteiger partial charge in [-0.25, -0.2) is 0 Å². The molecule has 0 saturated carbocycles. The van der Waals surface area contributed by atoms with Gasteiger partial charge in [-0.2, -0.15) is 0 Å². The summed E-state index contributed by atoms with van der Waals surface area (Å²) in [6, 6.07) is 0. The lowest BCUT2D eigenvalue weighted by Gasteiger charge is -2.00. The van der Waals surface area contributed by atoms with Gasteiger partial charge >= 0.3 is 23.9 Å². The molecular weight excluding hydrogens is 440 g/mol. The van der Waals surface area contributed by atoms with Crippen molar-refractivity contribution in [3.05, 3.63) is 24.3 Å². The van der Waals surface area contributed by atoms with Crippen molar-refractivity contribution in [1.82, 2.24) is 0 Å². The first-order chi connectivity index (χ1) is 16.3. The number of hydrogen-bond donors (Lipinski definition) is 0. The summed E-state index contributed by atoms with van der Waals surface area (Å²) in [6.45, 7) is 7.67. The Hall–Kier alpha value is -2.64. The van der Waals surface area contributed by atoms with E-state index in [2.05, 4.69) is 24.3 Å². The summed E-state index contributed by atoms with van der Waals surface area (Å²) in [5, 5.41) is 0. The van der Waals surface area contributed by atoms with Crippen molar-refractivity contribution in [2.24, 2.45) is 0 Å². The highest BCUT2D eigenvalue weighted by atomic mass is 16.5. The molecule has 0 N–H and O–H groups in total. The fourth-order valence-electron chi connectivity index (χ4n) is 2.47. The second-order valence-corrected chi connectivity index (χ2v) is 7.58. The average molecular weight is 485 g/mol. The maximum Gasteiger partial charge on any atom is 0.302 e. The predicted octanol–water partition coefficient (Wildman–Crippen LogP) is 5.24. The Morgan fingerprint density at radius 2 is 0.647 bits per heavy atom. The van der Waals surface area contributed by atoms with Crippen molar-refractivity contribution < 1.29 is 38.1 Å². The normalized spacial score (nSPS) is 10.5. The van der Waals surface area contributed by atoms with Gasteiger partial charge in [0, 0.05) is 27.7 Å². The van der Waals surface area contributed by atoms with Crippen LogP contribution in [-0.4, -0.2) is 50.3 Å². The molecule has 0 saturated heterocycles. The topological polar surface area (TPSA) is 105 Å². The Morgan fingerprint density at radius 3 is 0.912 bits per heavy atom. The van der Waals surface area contributed by atoms with Crippen molar-refractivity contribution >= 4 is 23.9 Å². The first-order valence-electron chi connectivity index (χ1n) is 12.1. The highest BCUT2D eigenvalue weighted by Crippen LogP contribution is 2.02. The molecule has 8 nitrogen and oxygen atoms in total. The number of carbonyl (C=O) groups excluding carboxylic acids is 4. The second-order valence-electron chi connectivity index (χ2n) is 7.58. The van der Waals surface area contributed by atoms with Crippen LogP contribution < -0.4 is 0 Å². The van der Waals surface area contributed by atoms with Gasteiger partial charge in [0.1, 0.15) is 0 Å². The Bertz CT molecular complexity index is 546. The minimum atomic E-state index is -0.231. The maximum absolute atomic E-state index is 10.5. The Labute approximate surface area is 205 Å². The van der Waals surface area contributed by atoms with Crippen LogP contribution in [0.1, 0.15) is 91.9 Å². The van der Waals surface area contributed by atoms with E-state index >= 15 is 0 Å². The van der Waals surface area contributed by atoms with Crippen molar-refractivity contribution in [2.45, 2.75) is 91.9 Å². The van der Waals surface area contributed by atoms with E-state index in [1.165, 1.54) is 27.7 Å². The number of rotatable bonds is 18. The lowest BCUT2D eigenvalue weighted by Crippen LogP contribution is -2.00. The van der Waals surface area contributed by atoms with Gasteiger partial charge in [0.25, 0.3) is 0 Å². The third-order valence-corrected chi connectivity index (χ3v) is 4.12. The second kappa shape index (κ2) is 26.6. The zero-order valence-electron chi connectivity index (χ0n) is 21.5. The third-order valence-electron chi connectivity index (χ3n) is 4.12. The number of unbranched alkanes of at least 4 members (excludes halogenated alkanes) is 6. The van der Waals surface area contributed by atoms with Gasteiger partial charge in [0.2, 0.25) is 0 Å². The zero-order valence-corrected chi connectivity index (χ0v) is 21.5. The van der Waals surface area contributed by atoms with E-state index in [1.807, 2.05) is 0 Å². The van der Waals surface area contributed by atoms with E-state index in [1.54, 1.807) is 0 Å². The number of ether oxygens (including phenoxy) is 4. The van der Waals surface area contributed by atoms with Crippen LogP contribution in [-0.2, 0) is 38.1 Å². The van der Waals surface area contributed by atoms with E-state index in [9.17, 15) is 19.2 Å². The average Bonchev–Trinajstić information content (AvgIpc) is 2.75. The molecule has 0 aromatic carbocycles. The Kier molecular flexibility index (Phi) is 26.2. The van der Waals surface area contributed by atoms with E-state index < -0.39 is 0 Å². The summed E-state index contributed by atoms with van der Waals surface area (Å²) < 4.78 is 19.2. The summed E-state index contributed by atoms with van der Waals surface area (Å²) in [7, 11) is 0. The molecule has 0 aliphatic rings. The zero-order chi connectivity index (χ0) is 25.9. The molecule has 0 aromatic rings. The summed E-state index contributed by atoms with van der Waals surface area (Å²) in [5.74, 6) is -0.882. The Balaban J connectivity index is 0. The number of carbonyl (C=O) groups is 4. The maximum atomic E-state index is 10.5. The van der Waals surface area contributed by atoms with Crippen LogP contribution in [0.5, 0.6) is 0 Å². The largest absolute Gasteiger partial charge is 0.466 e. The van der Waals surface area contributed by atoms with Gasteiger partial charge in [-0.05, 0) is 64.2 Å². The molecule has 0 unspecified atom stereocenters. The Morgan fingerprint density at radius 1 is 0.412 bits per heavy atom. The molecule has 0 heterocycles. The van der Waals surface area contributed by atoms with E-state index in [-0.39, 0.29) is 23.9 Å². The molecule has 0 radical (unpaired) electrons. The quantitative estimate of drug-likeness (QED) is 0.113. The smallest absolute Gasteiger partial charge is 0.302 e. The van der Waals surface area contributed by atoms with Gasteiger partial charge in [0.15, 0.2) is 0 Å². The fourth-order valence-corrected chi connectivity index (χ4v) is 2.47. The van der Waals surface area contributed by atoms with Gasteiger partial charge in [-0.1, -0.05) is 24.3 Å². The van der Waals surface area contributed by atoms with E-state index in [0.29, 0.717) is 26.4 Å². The summed E-state index contributed by atoms with van der Waals surface area (Å²) in [5.41, 5.74) is 0.